The van der Waals surface area contributed by atoms with Gasteiger partial charge in [-0.05, 0) is 30.9 Å². The molecule has 1 spiro atoms. The summed E-state index contributed by atoms with van der Waals surface area (Å²) in [6, 6.07) is 5.96. The summed E-state index contributed by atoms with van der Waals surface area (Å²) >= 11 is 0. The topological polar surface area (TPSA) is 59.6 Å². The van der Waals surface area contributed by atoms with Crippen molar-refractivity contribution in [2.75, 3.05) is 26.3 Å². The minimum absolute atomic E-state index is 0.00858. The first-order valence-corrected chi connectivity index (χ1v) is 8.67. The van der Waals surface area contributed by atoms with Gasteiger partial charge in [0.15, 0.2) is 11.5 Å². The van der Waals surface area contributed by atoms with Crippen LogP contribution in [0.5, 0.6) is 11.5 Å². The molecule has 1 saturated heterocycles. The first-order chi connectivity index (χ1) is 11.3. The van der Waals surface area contributed by atoms with E-state index < -0.39 is 0 Å². The number of amides is 1. The zero-order valence-corrected chi connectivity index (χ0v) is 13.4. The van der Waals surface area contributed by atoms with Crippen molar-refractivity contribution in [1.82, 2.24) is 10.6 Å². The van der Waals surface area contributed by atoms with E-state index in [0.29, 0.717) is 19.8 Å². The van der Waals surface area contributed by atoms with Crippen LogP contribution in [0.1, 0.15) is 31.2 Å². The van der Waals surface area contributed by atoms with E-state index in [1.807, 2.05) is 18.2 Å². The van der Waals surface area contributed by atoms with Crippen molar-refractivity contribution in [2.45, 2.75) is 38.1 Å². The Morgan fingerprint density at radius 2 is 2.09 bits per heavy atom. The Labute approximate surface area is 136 Å². The van der Waals surface area contributed by atoms with Crippen LogP contribution in [0.3, 0.4) is 0 Å². The summed E-state index contributed by atoms with van der Waals surface area (Å²) in [5.41, 5.74) is 1.34. The van der Waals surface area contributed by atoms with Gasteiger partial charge in [-0.25, -0.2) is 0 Å². The molecular weight excluding hydrogens is 292 g/mol. The molecule has 0 radical (unpaired) electrons. The van der Waals surface area contributed by atoms with Crippen LogP contribution in [0.25, 0.3) is 0 Å². The lowest BCUT2D eigenvalue weighted by molar-refractivity contribution is -0.130. The van der Waals surface area contributed by atoms with Crippen molar-refractivity contribution in [3.05, 3.63) is 23.8 Å². The first kappa shape index (κ1) is 14.8. The van der Waals surface area contributed by atoms with E-state index in [4.69, 9.17) is 9.47 Å². The molecule has 0 aromatic heterocycles. The normalized spacial score (nSPS) is 24.3. The summed E-state index contributed by atoms with van der Waals surface area (Å²) in [5, 5.41) is 6.41. The Bertz CT molecular complexity index is 596. The summed E-state index contributed by atoms with van der Waals surface area (Å²) in [6.07, 6.45) is 5.67. The number of ether oxygens (including phenoxy) is 2. The molecule has 0 bridgehead atoms. The fourth-order valence-corrected chi connectivity index (χ4v) is 4.16. The Hall–Kier alpha value is -1.75. The SMILES string of the molecule is O=C(NCCc1cccc2c1OCCO2)C1NCC12CCCC2. The van der Waals surface area contributed by atoms with Crippen molar-refractivity contribution in [2.24, 2.45) is 5.41 Å². The monoisotopic (exact) mass is 316 g/mol. The molecule has 5 nitrogen and oxygen atoms in total. The maximum atomic E-state index is 12.4. The number of nitrogens with one attached hydrogen (secondary N) is 2. The van der Waals surface area contributed by atoms with Gasteiger partial charge in [-0.15, -0.1) is 0 Å². The molecule has 1 unspecified atom stereocenters. The Kier molecular flexibility index (Phi) is 3.89. The maximum Gasteiger partial charge on any atom is 0.237 e. The average molecular weight is 316 g/mol. The molecule has 1 saturated carbocycles. The number of benzene rings is 1. The van der Waals surface area contributed by atoms with Crippen LogP contribution in [0.4, 0.5) is 0 Å². The highest BCUT2D eigenvalue weighted by molar-refractivity contribution is 5.84. The van der Waals surface area contributed by atoms with Crippen molar-refractivity contribution in [1.29, 1.82) is 0 Å². The molecule has 1 aromatic carbocycles. The molecule has 1 aliphatic carbocycles. The van der Waals surface area contributed by atoms with Gasteiger partial charge in [0.05, 0.1) is 6.04 Å². The number of carbonyl (C=O) groups is 1. The molecule has 124 valence electrons. The second kappa shape index (κ2) is 6.04. The molecule has 2 aliphatic heterocycles. The van der Waals surface area contributed by atoms with Crippen molar-refractivity contribution in [3.63, 3.8) is 0 Å². The molecule has 4 rings (SSSR count). The smallest absolute Gasteiger partial charge is 0.237 e. The number of rotatable bonds is 4. The lowest BCUT2D eigenvalue weighted by Gasteiger charge is -2.47. The number of para-hydroxylation sites is 1. The molecule has 3 aliphatic rings. The van der Waals surface area contributed by atoms with Gasteiger partial charge >= 0.3 is 0 Å². The third-order valence-electron chi connectivity index (χ3n) is 5.47. The Morgan fingerprint density at radius 1 is 1.26 bits per heavy atom. The van der Waals surface area contributed by atoms with Gasteiger partial charge in [-0.2, -0.15) is 0 Å². The third kappa shape index (κ3) is 2.67. The second-order valence-electron chi connectivity index (χ2n) is 6.87. The molecule has 2 heterocycles. The van der Waals surface area contributed by atoms with Crippen molar-refractivity contribution in [3.8, 4) is 11.5 Å². The minimum atomic E-state index is 0.00858. The quantitative estimate of drug-likeness (QED) is 0.887. The van der Waals surface area contributed by atoms with E-state index in [-0.39, 0.29) is 17.4 Å². The van der Waals surface area contributed by atoms with E-state index >= 15 is 0 Å². The van der Waals surface area contributed by atoms with Crippen LogP contribution < -0.4 is 20.1 Å². The number of carbonyl (C=O) groups excluding carboxylic acids is 1. The molecule has 1 aromatic rings. The van der Waals surface area contributed by atoms with Gasteiger partial charge in [-0.1, -0.05) is 25.0 Å². The second-order valence-corrected chi connectivity index (χ2v) is 6.87. The summed E-state index contributed by atoms with van der Waals surface area (Å²) in [4.78, 5) is 12.4. The van der Waals surface area contributed by atoms with E-state index in [2.05, 4.69) is 10.6 Å². The minimum Gasteiger partial charge on any atom is -0.486 e. The van der Waals surface area contributed by atoms with Crippen LogP contribution in [-0.4, -0.2) is 38.3 Å². The fraction of sp³-hybridized carbons (Fsp3) is 0.611. The lowest BCUT2D eigenvalue weighted by atomic mass is 9.71. The highest BCUT2D eigenvalue weighted by Crippen LogP contribution is 2.45. The Balaban J connectivity index is 1.33. The highest BCUT2D eigenvalue weighted by atomic mass is 16.6. The Morgan fingerprint density at radius 3 is 2.87 bits per heavy atom. The lowest BCUT2D eigenvalue weighted by Crippen LogP contribution is -2.67. The van der Waals surface area contributed by atoms with E-state index in [0.717, 1.165) is 30.0 Å². The molecule has 5 heteroatoms. The zero-order chi connectivity index (χ0) is 15.7. The van der Waals surface area contributed by atoms with E-state index in [9.17, 15) is 4.79 Å². The molecular formula is C18H24N2O3. The number of fused-ring (bicyclic) bond motifs is 1. The third-order valence-corrected chi connectivity index (χ3v) is 5.47. The predicted molar refractivity (Wildman–Crippen MR) is 86.8 cm³/mol. The fourth-order valence-electron chi connectivity index (χ4n) is 4.16. The molecule has 2 N–H and O–H groups in total. The summed E-state index contributed by atoms with van der Waals surface area (Å²) in [6.45, 7) is 2.82. The van der Waals surface area contributed by atoms with Gasteiger partial charge < -0.3 is 20.1 Å². The van der Waals surface area contributed by atoms with Crippen LogP contribution in [-0.2, 0) is 11.2 Å². The largest absolute Gasteiger partial charge is 0.486 e. The average Bonchev–Trinajstić information content (AvgIpc) is 3.06. The number of hydrogen-bond acceptors (Lipinski definition) is 4. The maximum absolute atomic E-state index is 12.4. The van der Waals surface area contributed by atoms with Crippen LogP contribution in [0.15, 0.2) is 18.2 Å². The van der Waals surface area contributed by atoms with Crippen molar-refractivity contribution >= 4 is 5.91 Å². The van der Waals surface area contributed by atoms with Crippen molar-refractivity contribution < 1.29 is 14.3 Å². The van der Waals surface area contributed by atoms with E-state index in [1.54, 1.807) is 0 Å². The van der Waals surface area contributed by atoms with Crippen LogP contribution in [0.2, 0.25) is 0 Å². The number of hydrogen-bond donors (Lipinski definition) is 2. The molecule has 23 heavy (non-hydrogen) atoms. The van der Waals surface area contributed by atoms with E-state index in [1.165, 1.54) is 25.7 Å². The van der Waals surface area contributed by atoms with Gasteiger partial charge in [0.1, 0.15) is 13.2 Å². The first-order valence-electron chi connectivity index (χ1n) is 8.67. The van der Waals surface area contributed by atoms with Crippen LogP contribution in [0, 0.1) is 5.41 Å². The van der Waals surface area contributed by atoms with Gasteiger partial charge in [-0.3, -0.25) is 4.79 Å². The van der Waals surface area contributed by atoms with Gasteiger partial charge in [0.2, 0.25) is 5.91 Å². The van der Waals surface area contributed by atoms with Gasteiger partial charge in [0, 0.05) is 18.5 Å². The highest BCUT2D eigenvalue weighted by Gasteiger charge is 2.51. The predicted octanol–water partition coefficient (Wildman–Crippen LogP) is 1.65. The van der Waals surface area contributed by atoms with Gasteiger partial charge in [0.25, 0.3) is 0 Å². The summed E-state index contributed by atoms with van der Waals surface area (Å²) < 4.78 is 11.3. The standard InChI is InChI=1S/C18H24N2O3/c21-17(16-18(12-20-16)7-1-2-8-18)19-9-6-13-4-3-5-14-15(13)23-11-10-22-14/h3-5,16,20H,1-2,6-12H2,(H,19,21). The molecule has 1 atom stereocenters. The summed E-state index contributed by atoms with van der Waals surface area (Å²) in [7, 11) is 0. The zero-order valence-electron chi connectivity index (χ0n) is 13.4. The summed E-state index contributed by atoms with van der Waals surface area (Å²) in [5.74, 6) is 1.80. The van der Waals surface area contributed by atoms with Crippen LogP contribution >= 0.6 is 0 Å². The molecule has 2 fully saturated rings. The molecule has 1 amide bonds.